The van der Waals surface area contributed by atoms with E-state index in [-0.39, 0.29) is 5.60 Å². The molecule has 76 valence electrons. The van der Waals surface area contributed by atoms with Crippen LogP contribution in [0.5, 0.6) is 0 Å². The van der Waals surface area contributed by atoms with Gasteiger partial charge in [0, 0.05) is 12.6 Å². The number of rotatable bonds is 2. The highest BCUT2D eigenvalue weighted by Gasteiger charge is 2.51. The van der Waals surface area contributed by atoms with E-state index in [1.54, 1.807) is 0 Å². The Labute approximate surface area is 81.3 Å². The summed E-state index contributed by atoms with van der Waals surface area (Å²) in [7, 11) is 2.23. The molecule has 0 aromatic rings. The van der Waals surface area contributed by atoms with E-state index in [0.717, 1.165) is 18.4 Å². The maximum atomic E-state index is 5.84. The number of fused-ring (bicyclic) bond motifs is 1. The molecule has 0 aromatic carbocycles. The molecule has 2 fully saturated rings. The summed E-state index contributed by atoms with van der Waals surface area (Å²) in [5, 5.41) is 0. The molecule has 0 amide bonds. The molecule has 0 aromatic heterocycles. The predicted molar refractivity (Wildman–Crippen MR) is 53.7 cm³/mol. The molecule has 1 aliphatic heterocycles. The first-order valence-corrected chi connectivity index (χ1v) is 5.31. The Morgan fingerprint density at radius 3 is 2.54 bits per heavy atom. The lowest BCUT2D eigenvalue weighted by atomic mass is 10.1. The number of hydrogen-bond donors (Lipinski definition) is 0. The molecule has 3 atom stereocenters. The van der Waals surface area contributed by atoms with Crippen LogP contribution >= 0.6 is 0 Å². The summed E-state index contributed by atoms with van der Waals surface area (Å²) in [6.07, 6.45) is 1.45. The van der Waals surface area contributed by atoms with Crippen LogP contribution in [-0.2, 0) is 4.74 Å². The van der Waals surface area contributed by atoms with Gasteiger partial charge in [-0.1, -0.05) is 0 Å². The zero-order valence-corrected chi connectivity index (χ0v) is 9.21. The molecule has 1 heterocycles. The highest BCUT2D eigenvalue weighted by atomic mass is 16.5. The van der Waals surface area contributed by atoms with Gasteiger partial charge in [-0.15, -0.1) is 0 Å². The first kappa shape index (κ1) is 9.47. The molecule has 0 spiro atoms. The van der Waals surface area contributed by atoms with E-state index in [1.807, 2.05) is 0 Å². The molecule has 1 saturated carbocycles. The van der Waals surface area contributed by atoms with Gasteiger partial charge in [0.1, 0.15) is 0 Å². The number of ether oxygens (including phenoxy) is 1. The van der Waals surface area contributed by atoms with Gasteiger partial charge >= 0.3 is 0 Å². The first-order valence-electron chi connectivity index (χ1n) is 5.31. The minimum atomic E-state index is 0.0216. The molecular weight excluding hydrogens is 162 g/mol. The monoisotopic (exact) mass is 183 g/mol. The smallest absolute Gasteiger partial charge is 0.0631 e. The van der Waals surface area contributed by atoms with E-state index in [4.69, 9.17) is 4.74 Å². The standard InChI is InChI=1S/C11H21NO/c1-11(2,3)13-7-10-9-5-8(9)6-12(10)4/h8-10H,5-7H2,1-4H3/t8?,9-,10-/m1/s1. The molecule has 0 radical (unpaired) electrons. The SMILES string of the molecule is CN1CC2C[C@H]2[C@H]1COC(C)(C)C. The van der Waals surface area contributed by atoms with E-state index in [2.05, 4.69) is 32.7 Å². The fourth-order valence-corrected chi connectivity index (χ4v) is 2.37. The molecule has 1 unspecified atom stereocenters. The van der Waals surface area contributed by atoms with Crippen LogP contribution in [0.25, 0.3) is 0 Å². The molecule has 2 heteroatoms. The van der Waals surface area contributed by atoms with Crippen molar-refractivity contribution in [1.82, 2.24) is 4.90 Å². The molecule has 13 heavy (non-hydrogen) atoms. The molecule has 1 aliphatic carbocycles. The highest BCUT2D eigenvalue weighted by Crippen LogP contribution is 2.48. The van der Waals surface area contributed by atoms with Crippen LogP contribution in [0.2, 0.25) is 0 Å². The van der Waals surface area contributed by atoms with Crippen molar-refractivity contribution < 1.29 is 4.74 Å². The third kappa shape index (κ3) is 2.05. The Hall–Kier alpha value is -0.0800. The van der Waals surface area contributed by atoms with Crippen LogP contribution in [0.15, 0.2) is 0 Å². The van der Waals surface area contributed by atoms with Crippen LogP contribution in [-0.4, -0.2) is 36.7 Å². The maximum Gasteiger partial charge on any atom is 0.0631 e. The van der Waals surface area contributed by atoms with E-state index in [9.17, 15) is 0 Å². The van der Waals surface area contributed by atoms with Crippen LogP contribution < -0.4 is 0 Å². The largest absolute Gasteiger partial charge is 0.374 e. The third-order valence-electron chi connectivity index (χ3n) is 3.25. The van der Waals surface area contributed by atoms with Gasteiger partial charge in [0.25, 0.3) is 0 Å². The molecule has 1 saturated heterocycles. The second kappa shape index (κ2) is 2.96. The summed E-state index contributed by atoms with van der Waals surface area (Å²) < 4.78 is 5.84. The lowest BCUT2D eigenvalue weighted by molar-refractivity contribution is -0.0296. The van der Waals surface area contributed by atoms with Crippen LogP contribution in [0.3, 0.4) is 0 Å². The zero-order valence-electron chi connectivity index (χ0n) is 9.21. The van der Waals surface area contributed by atoms with Crippen molar-refractivity contribution in [3.8, 4) is 0 Å². The Kier molecular flexibility index (Phi) is 2.16. The number of likely N-dealkylation sites (N-methyl/N-ethyl adjacent to an activating group) is 1. The van der Waals surface area contributed by atoms with Crippen molar-refractivity contribution in [2.24, 2.45) is 11.8 Å². The Morgan fingerprint density at radius 1 is 1.38 bits per heavy atom. The molecule has 2 aliphatic rings. The minimum Gasteiger partial charge on any atom is -0.374 e. The van der Waals surface area contributed by atoms with Crippen molar-refractivity contribution in [3.05, 3.63) is 0 Å². The molecule has 2 nitrogen and oxygen atoms in total. The topological polar surface area (TPSA) is 12.5 Å². The summed E-state index contributed by atoms with van der Waals surface area (Å²) in [5.41, 5.74) is 0.0216. The molecule has 0 bridgehead atoms. The van der Waals surface area contributed by atoms with Gasteiger partial charge in [0.2, 0.25) is 0 Å². The normalized spacial score (nSPS) is 39.2. The maximum absolute atomic E-state index is 5.84. The van der Waals surface area contributed by atoms with E-state index < -0.39 is 0 Å². The summed E-state index contributed by atoms with van der Waals surface area (Å²) in [6, 6.07) is 0.698. The second-order valence-electron chi connectivity index (χ2n) is 5.59. The predicted octanol–water partition coefficient (Wildman–Crippen LogP) is 1.75. The average molecular weight is 183 g/mol. The summed E-state index contributed by atoms with van der Waals surface area (Å²) in [4.78, 5) is 2.46. The van der Waals surface area contributed by atoms with Gasteiger partial charge in [-0.2, -0.15) is 0 Å². The van der Waals surface area contributed by atoms with Crippen molar-refractivity contribution in [2.45, 2.75) is 38.8 Å². The van der Waals surface area contributed by atoms with E-state index in [1.165, 1.54) is 13.0 Å². The van der Waals surface area contributed by atoms with Crippen molar-refractivity contribution >= 4 is 0 Å². The minimum absolute atomic E-state index is 0.0216. The van der Waals surface area contributed by atoms with Gasteiger partial charge in [0.15, 0.2) is 0 Å². The van der Waals surface area contributed by atoms with Crippen molar-refractivity contribution in [1.29, 1.82) is 0 Å². The van der Waals surface area contributed by atoms with E-state index in [0.29, 0.717) is 6.04 Å². The van der Waals surface area contributed by atoms with Crippen molar-refractivity contribution in [3.63, 3.8) is 0 Å². The Bertz CT molecular complexity index is 195. The third-order valence-corrected chi connectivity index (χ3v) is 3.25. The van der Waals surface area contributed by atoms with Crippen LogP contribution in [0, 0.1) is 11.8 Å². The van der Waals surface area contributed by atoms with Gasteiger partial charge < -0.3 is 9.64 Å². The highest BCUT2D eigenvalue weighted by molar-refractivity contribution is 5.03. The van der Waals surface area contributed by atoms with Crippen LogP contribution in [0.1, 0.15) is 27.2 Å². The summed E-state index contributed by atoms with van der Waals surface area (Å²) >= 11 is 0. The number of piperidine rings is 1. The Morgan fingerprint density at radius 2 is 2.08 bits per heavy atom. The molecule has 2 rings (SSSR count). The summed E-state index contributed by atoms with van der Waals surface area (Å²) in [6.45, 7) is 8.61. The fraction of sp³-hybridized carbons (Fsp3) is 1.00. The van der Waals surface area contributed by atoms with Gasteiger partial charge in [-0.25, -0.2) is 0 Å². The molecular formula is C11H21NO. The lowest BCUT2D eigenvalue weighted by Crippen LogP contribution is -2.36. The fourth-order valence-electron chi connectivity index (χ4n) is 2.37. The van der Waals surface area contributed by atoms with Gasteiger partial charge in [0.05, 0.1) is 12.2 Å². The average Bonchev–Trinajstić information content (AvgIpc) is 2.60. The first-order chi connectivity index (χ1) is 5.97. The number of nitrogens with zero attached hydrogens (tertiary/aromatic N) is 1. The van der Waals surface area contributed by atoms with E-state index >= 15 is 0 Å². The quantitative estimate of drug-likeness (QED) is 0.646. The van der Waals surface area contributed by atoms with Gasteiger partial charge in [-0.05, 0) is 46.1 Å². The molecule has 0 N–H and O–H groups in total. The second-order valence-corrected chi connectivity index (χ2v) is 5.59. The van der Waals surface area contributed by atoms with Crippen LogP contribution in [0.4, 0.5) is 0 Å². The lowest BCUT2D eigenvalue weighted by Gasteiger charge is -2.27. The summed E-state index contributed by atoms with van der Waals surface area (Å²) in [5.74, 6) is 1.95. The Balaban J connectivity index is 1.81. The van der Waals surface area contributed by atoms with Crippen molar-refractivity contribution in [2.75, 3.05) is 20.2 Å². The van der Waals surface area contributed by atoms with Gasteiger partial charge in [-0.3, -0.25) is 0 Å². The number of hydrogen-bond acceptors (Lipinski definition) is 2. The zero-order chi connectivity index (χ0) is 9.64. The number of likely N-dealkylation sites (tertiary alicyclic amines) is 1.